The summed E-state index contributed by atoms with van der Waals surface area (Å²) in [5, 5.41) is 11.3. The molecule has 1 unspecified atom stereocenters. The van der Waals surface area contributed by atoms with Gasteiger partial charge in [-0.3, -0.25) is 9.59 Å². The van der Waals surface area contributed by atoms with Crippen molar-refractivity contribution in [1.82, 2.24) is 5.32 Å². The minimum absolute atomic E-state index is 0.00256. The van der Waals surface area contributed by atoms with Gasteiger partial charge in [-0.1, -0.05) is 6.92 Å². The zero-order valence-corrected chi connectivity index (χ0v) is 9.39. The first-order valence-electron chi connectivity index (χ1n) is 4.57. The summed E-state index contributed by atoms with van der Waals surface area (Å²) in [6.07, 6.45) is 3.06. The lowest BCUT2D eigenvalue weighted by Crippen LogP contribution is -2.26. The van der Waals surface area contributed by atoms with Crippen molar-refractivity contribution >= 4 is 23.6 Å². The van der Waals surface area contributed by atoms with Crippen LogP contribution >= 0.6 is 11.8 Å². The first-order chi connectivity index (χ1) is 6.56. The zero-order chi connectivity index (χ0) is 11.0. The quantitative estimate of drug-likeness (QED) is 0.629. The van der Waals surface area contributed by atoms with Crippen LogP contribution in [0.25, 0.3) is 0 Å². The van der Waals surface area contributed by atoms with E-state index in [1.54, 1.807) is 11.8 Å². The zero-order valence-electron chi connectivity index (χ0n) is 8.58. The molecule has 0 spiro atoms. The van der Waals surface area contributed by atoms with Gasteiger partial charge >= 0.3 is 5.97 Å². The topological polar surface area (TPSA) is 66.4 Å². The van der Waals surface area contributed by atoms with Crippen molar-refractivity contribution in [2.24, 2.45) is 0 Å². The van der Waals surface area contributed by atoms with E-state index in [0.29, 0.717) is 24.6 Å². The first-order valence-corrected chi connectivity index (χ1v) is 5.86. The van der Waals surface area contributed by atoms with Crippen molar-refractivity contribution in [3.63, 3.8) is 0 Å². The number of hydrogen-bond acceptors (Lipinski definition) is 3. The van der Waals surface area contributed by atoms with Gasteiger partial charge in [0.2, 0.25) is 5.91 Å². The van der Waals surface area contributed by atoms with Crippen LogP contribution in [0.3, 0.4) is 0 Å². The number of hydrogen-bond donors (Lipinski definition) is 2. The summed E-state index contributed by atoms with van der Waals surface area (Å²) in [7, 11) is 0. The molecule has 0 bridgehead atoms. The maximum absolute atomic E-state index is 11.2. The van der Waals surface area contributed by atoms with Gasteiger partial charge in [-0.05, 0) is 12.7 Å². The Hall–Kier alpha value is -0.710. The fourth-order valence-corrected chi connectivity index (χ4v) is 1.20. The van der Waals surface area contributed by atoms with Gasteiger partial charge in [-0.15, -0.1) is 0 Å². The van der Waals surface area contributed by atoms with E-state index in [4.69, 9.17) is 5.11 Å². The molecular weight excluding hydrogens is 202 g/mol. The summed E-state index contributed by atoms with van der Waals surface area (Å²) in [4.78, 5) is 21.3. The lowest BCUT2D eigenvalue weighted by Gasteiger charge is -2.08. The van der Waals surface area contributed by atoms with Crippen LogP contribution in [-0.4, -0.2) is 35.0 Å². The van der Waals surface area contributed by atoms with Gasteiger partial charge in [0, 0.05) is 24.6 Å². The van der Waals surface area contributed by atoms with E-state index in [9.17, 15) is 9.59 Å². The van der Waals surface area contributed by atoms with Crippen molar-refractivity contribution in [2.75, 3.05) is 12.8 Å². The monoisotopic (exact) mass is 219 g/mol. The van der Waals surface area contributed by atoms with E-state index in [1.165, 1.54) is 0 Å². The Kier molecular flexibility index (Phi) is 7.28. The lowest BCUT2D eigenvalue weighted by molar-refractivity contribution is -0.137. The highest BCUT2D eigenvalue weighted by atomic mass is 32.2. The average Bonchev–Trinajstić information content (AvgIpc) is 2.12. The van der Waals surface area contributed by atoms with Gasteiger partial charge in [0.25, 0.3) is 0 Å². The summed E-state index contributed by atoms with van der Waals surface area (Å²) in [6.45, 7) is 2.44. The SMILES string of the molecule is CSC(C)CC(=O)NCCCC(=O)O. The molecule has 0 aliphatic carbocycles. The van der Waals surface area contributed by atoms with Crippen molar-refractivity contribution in [1.29, 1.82) is 0 Å². The number of rotatable bonds is 7. The Balaban J connectivity index is 3.40. The van der Waals surface area contributed by atoms with E-state index >= 15 is 0 Å². The minimum Gasteiger partial charge on any atom is -0.481 e. The molecule has 0 rings (SSSR count). The first kappa shape index (κ1) is 13.3. The molecule has 0 radical (unpaired) electrons. The van der Waals surface area contributed by atoms with Crippen molar-refractivity contribution in [2.45, 2.75) is 31.4 Å². The Labute approximate surface area is 88.4 Å². The van der Waals surface area contributed by atoms with Crippen molar-refractivity contribution < 1.29 is 14.7 Å². The van der Waals surface area contributed by atoms with Crippen LogP contribution in [-0.2, 0) is 9.59 Å². The molecule has 4 nitrogen and oxygen atoms in total. The van der Waals surface area contributed by atoms with Gasteiger partial charge in [-0.2, -0.15) is 11.8 Å². The minimum atomic E-state index is -0.822. The molecule has 0 heterocycles. The summed E-state index contributed by atoms with van der Waals surface area (Å²) >= 11 is 1.64. The fourth-order valence-electron chi connectivity index (χ4n) is 0.884. The molecule has 1 atom stereocenters. The van der Waals surface area contributed by atoms with E-state index in [2.05, 4.69) is 5.32 Å². The maximum atomic E-state index is 11.2. The molecule has 0 aliphatic rings. The van der Waals surface area contributed by atoms with Crippen molar-refractivity contribution in [3.05, 3.63) is 0 Å². The molecule has 1 amide bonds. The Morgan fingerprint density at radius 1 is 1.50 bits per heavy atom. The number of carbonyl (C=O) groups excluding carboxylic acids is 1. The number of carboxylic acid groups (broad SMARTS) is 1. The van der Waals surface area contributed by atoms with Crippen LogP contribution in [0.4, 0.5) is 0 Å². The van der Waals surface area contributed by atoms with Gasteiger partial charge in [0.05, 0.1) is 0 Å². The van der Waals surface area contributed by atoms with Crippen LogP contribution in [0.15, 0.2) is 0 Å². The normalized spacial score (nSPS) is 12.1. The van der Waals surface area contributed by atoms with Crippen LogP contribution < -0.4 is 5.32 Å². The number of carboxylic acids is 1. The van der Waals surface area contributed by atoms with Gasteiger partial charge in [-0.25, -0.2) is 0 Å². The smallest absolute Gasteiger partial charge is 0.303 e. The van der Waals surface area contributed by atoms with Crippen LogP contribution in [0.5, 0.6) is 0 Å². The molecule has 14 heavy (non-hydrogen) atoms. The predicted molar refractivity (Wildman–Crippen MR) is 57.5 cm³/mol. The molecule has 0 aromatic carbocycles. The molecule has 0 saturated heterocycles. The van der Waals surface area contributed by atoms with Crippen LogP contribution in [0, 0.1) is 0 Å². The van der Waals surface area contributed by atoms with E-state index in [-0.39, 0.29) is 12.3 Å². The van der Waals surface area contributed by atoms with Gasteiger partial charge in [0.1, 0.15) is 0 Å². The molecule has 0 fully saturated rings. The third-order valence-electron chi connectivity index (χ3n) is 1.76. The maximum Gasteiger partial charge on any atom is 0.303 e. The number of thioether (sulfide) groups is 1. The molecular formula is C9H17NO3S. The van der Waals surface area contributed by atoms with Gasteiger partial charge in [0.15, 0.2) is 0 Å². The molecule has 0 aromatic heterocycles. The Morgan fingerprint density at radius 3 is 2.64 bits per heavy atom. The third-order valence-corrected chi connectivity index (χ3v) is 2.74. The highest BCUT2D eigenvalue weighted by Crippen LogP contribution is 2.08. The second kappa shape index (κ2) is 7.67. The highest BCUT2D eigenvalue weighted by molar-refractivity contribution is 7.99. The third kappa shape index (κ3) is 7.91. The van der Waals surface area contributed by atoms with Crippen molar-refractivity contribution in [3.8, 4) is 0 Å². The summed E-state index contributed by atoms with van der Waals surface area (Å²) in [5.41, 5.74) is 0. The lowest BCUT2D eigenvalue weighted by atomic mass is 10.3. The van der Waals surface area contributed by atoms with E-state index in [0.717, 1.165) is 0 Å². The van der Waals surface area contributed by atoms with Crippen LogP contribution in [0.2, 0.25) is 0 Å². The largest absolute Gasteiger partial charge is 0.481 e. The molecule has 5 heteroatoms. The average molecular weight is 219 g/mol. The number of amides is 1. The van der Waals surface area contributed by atoms with Gasteiger partial charge < -0.3 is 10.4 Å². The number of nitrogens with one attached hydrogen (secondary N) is 1. The molecule has 0 saturated carbocycles. The Morgan fingerprint density at radius 2 is 2.14 bits per heavy atom. The Bertz CT molecular complexity index is 196. The molecule has 2 N–H and O–H groups in total. The number of carbonyl (C=O) groups is 2. The summed E-state index contributed by atoms with van der Waals surface area (Å²) in [5.74, 6) is -0.825. The highest BCUT2D eigenvalue weighted by Gasteiger charge is 2.06. The van der Waals surface area contributed by atoms with E-state index < -0.39 is 5.97 Å². The second-order valence-corrected chi connectivity index (χ2v) is 4.37. The summed E-state index contributed by atoms with van der Waals surface area (Å²) in [6, 6.07) is 0. The predicted octanol–water partition coefficient (Wildman–Crippen LogP) is 1.11. The fraction of sp³-hybridized carbons (Fsp3) is 0.778. The molecule has 0 aliphatic heterocycles. The summed E-state index contributed by atoms with van der Waals surface area (Å²) < 4.78 is 0. The molecule has 0 aromatic rings. The second-order valence-electron chi connectivity index (χ2n) is 3.10. The van der Waals surface area contributed by atoms with Crippen LogP contribution in [0.1, 0.15) is 26.2 Å². The molecule has 82 valence electrons. The van der Waals surface area contributed by atoms with E-state index in [1.807, 2.05) is 13.2 Å². The number of aliphatic carboxylic acids is 1. The standard InChI is InChI=1S/C9H17NO3S/c1-7(14-2)6-8(11)10-5-3-4-9(12)13/h7H,3-6H2,1-2H3,(H,10,11)(H,12,13).